The van der Waals surface area contributed by atoms with Crippen LogP contribution in [0.4, 0.5) is 5.69 Å². The van der Waals surface area contributed by atoms with Crippen LogP contribution in [-0.4, -0.2) is 12.0 Å². The number of anilines is 1. The third-order valence-corrected chi connectivity index (χ3v) is 3.76. The molecule has 0 bridgehead atoms. The average Bonchev–Trinajstić information content (AvgIpc) is 2.42. The molecule has 1 aromatic heterocycles. The van der Waals surface area contributed by atoms with Crippen LogP contribution in [0.2, 0.25) is 4.34 Å². The van der Waals surface area contributed by atoms with Crippen LogP contribution in [-0.2, 0) is 0 Å². The number of rotatable bonds is 1. The number of thiophene rings is 1. The van der Waals surface area contributed by atoms with Gasteiger partial charge in [-0.05, 0) is 19.9 Å². The zero-order valence-corrected chi connectivity index (χ0v) is 10.2. The summed E-state index contributed by atoms with van der Waals surface area (Å²) in [6.45, 7) is 4.15. The van der Waals surface area contributed by atoms with E-state index in [4.69, 9.17) is 11.6 Å². The Hall–Kier alpha value is -0.390. The van der Waals surface area contributed by atoms with E-state index in [0.29, 0.717) is 6.04 Å². The quantitative estimate of drug-likeness (QED) is 0.749. The molecular weight excluding hydrogens is 238 g/mol. The lowest BCUT2D eigenvalue weighted by molar-refractivity contribution is 0.733. The highest BCUT2D eigenvalue weighted by molar-refractivity contribution is 8.00. The Morgan fingerprint density at radius 2 is 2.36 bits per heavy atom. The van der Waals surface area contributed by atoms with Crippen molar-refractivity contribution in [2.75, 3.05) is 5.32 Å². The smallest absolute Gasteiger partial charge is 0.208 e. The van der Waals surface area contributed by atoms with Gasteiger partial charge in [0.2, 0.25) is 5.96 Å². The van der Waals surface area contributed by atoms with Gasteiger partial charge in [0.25, 0.3) is 0 Å². The maximum Gasteiger partial charge on any atom is 0.208 e. The van der Waals surface area contributed by atoms with Crippen molar-refractivity contribution in [1.82, 2.24) is 5.32 Å². The van der Waals surface area contributed by atoms with Gasteiger partial charge in [0.15, 0.2) is 0 Å². The summed E-state index contributed by atoms with van der Waals surface area (Å²) in [6, 6.07) is 2.29. The van der Waals surface area contributed by atoms with E-state index in [1.165, 1.54) is 11.9 Å². The number of nitrogens with one attached hydrogen (secondary N) is 2. The molecule has 1 aromatic rings. The first-order valence-electron chi connectivity index (χ1n) is 4.23. The molecule has 1 aliphatic heterocycles. The van der Waals surface area contributed by atoms with E-state index in [-0.39, 0.29) is 0 Å². The Morgan fingerprint density at radius 3 is 3.07 bits per heavy atom. The van der Waals surface area contributed by atoms with Gasteiger partial charge in [-0.3, -0.25) is 0 Å². The normalized spacial score (nSPS) is 14.7. The van der Waals surface area contributed by atoms with Crippen molar-refractivity contribution in [3.05, 3.63) is 10.4 Å². The van der Waals surface area contributed by atoms with Gasteiger partial charge in [-0.15, -0.1) is 11.3 Å². The molecule has 0 atom stereocenters. The SMILES string of the molecule is CC(C)NC1=NSc2sc(Cl)cc2N1. The first kappa shape index (κ1) is 10.1. The molecule has 6 heteroatoms. The lowest BCUT2D eigenvalue weighted by Crippen LogP contribution is -2.36. The number of hydrogen-bond donors (Lipinski definition) is 2. The van der Waals surface area contributed by atoms with Crippen molar-refractivity contribution >= 4 is 46.5 Å². The monoisotopic (exact) mass is 247 g/mol. The van der Waals surface area contributed by atoms with Crippen molar-refractivity contribution in [2.45, 2.75) is 24.1 Å². The second-order valence-corrected chi connectivity index (χ2v) is 5.92. The van der Waals surface area contributed by atoms with Gasteiger partial charge in [-0.25, -0.2) is 0 Å². The van der Waals surface area contributed by atoms with Gasteiger partial charge in [-0.2, -0.15) is 4.40 Å². The molecule has 0 amide bonds. The van der Waals surface area contributed by atoms with Gasteiger partial charge >= 0.3 is 0 Å². The van der Waals surface area contributed by atoms with E-state index in [1.54, 1.807) is 11.3 Å². The van der Waals surface area contributed by atoms with E-state index in [0.717, 1.165) is 20.2 Å². The van der Waals surface area contributed by atoms with Crippen molar-refractivity contribution in [3.8, 4) is 0 Å². The predicted molar refractivity (Wildman–Crippen MR) is 64.5 cm³/mol. The highest BCUT2D eigenvalue weighted by Gasteiger charge is 2.16. The summed E-state index contributed by atoms with van der Waals surface area (Å²) in [5.41, 5.74) is 1.04. The number of hydrogen-bond acceptors (Lipinski definition) is 5. The summed E-state index contributed by atoms with van der Waals surface area (Å²) in [5.74, 6) is 0.798. The van der Waals surface area contributed by atoms with Crippen LogP contribution in [0.5, 0.6) is 0 Å². The van der Waals surface area contributed by atoms with Gasteiger partial charge in [0.05, 0.1) is 10.0 Å². The van der Waals surface area contributed by atoms with E-state index < -0.39 is 0 Å². The Kier molecular flexibility index (Phi) is 2.90. The second-order valence-electron chi connectivity index (χ2n) is 3.21. The van der Waals surface area contributed by atoms with E-state index in [9.17, 15) is 0 Å². The van der Waals surface area contributed by atoms with E-state index >= 15 is 0 Å². The van der Waals surface area contributed by atoms with Crippen LogP contribution >= 0.6 is 34.9 Å². The van der Waals surface area contributed by atoms with E-state index in [2.05, 4.69) is 28.9 Å². The lowest BCUT2D eigenvalue weighted by atomic mass is 10.4. The minimum absolute atomic E-state index is 0.373. The largest absolute Gasteiger partial charge is 0.353 e. The highest BCUT2D eigenvalue weighted by atomic mass is 35.5. The molecule has 0 spiro atoms. The first-order chi connectivity index (χ1) is 6.65. The summed E-state index contributed by atoms with van der Waals surface area (Å²) in [4.78, 5) is 0. The molecule has 3 nitrogen and oxygen atoms in total. The average molecular weight is 248 g/mol. The van der Waals surface area contributed by atoms with Gasteiger partial charge in [0, 0.05) is 18.0 Å². The maximum atomic E-state index is 5.90. The van der Waals surface area contributed by atoms with Crippen LogP contribution in [0, 0.1) is 0 Å². The first-order valence-corrected chi connectivity index (χ1v) is 6.20. The molecule has 0 radical (unpaired) electrons. The third kappa shape index (κ3) is 2.16. The zero-order chi connectivity index (χ0) is 10.1. The highest BCUT2D eigenvalue weighted by Crippen LogP contribution is 2.41. The Balaban J connectivity index is 2.12. The van der Waals surface area contributed by atoms with Crippen LogP contribution in [0.3, 0.4) is 0 Å². The molecule has 0 saturated carbocycles. The Labute approximate surface area is 96.1 Å². The molecule has 0 aliphatic carbocycles. The third-order valence-electron chi connectivity index (χ3n) is 1.57. The molecule has 0 fully saturated rings. The van der Waals surface area contributed by atoms with Crippen LogP contribution in [0.1, 0.15) is 13.8 Å². The molecule has 2 rings (SSSR count). The Bertz CT molecular complexity index is 373. The summed E-state index contributed by atoms with van der Waals surface area (Å²) in [5, 5.41) is 6.40. The summed E-state index contributed by atoms with van der Waals surface area (Å²) >= 11 is 8.90. The molecule has 14 heavy (non-hydrogen) atoms. The number of nitrogens with zero attached hydrogens (tertiary/aromatic N) is 1. The van der Waals surface area contributed by atoms with Crippen molar-refractivity contribution in [3.63, 3.8) is 0 Å². The van der Waals surface area contributed by atoms with Crippen LogP contribution in [0.25, 0.3) is 0 Å². The summed E-state index contributed by atoms with van der Waals surface area (Å²) < 4.78 is 6.19. The molecule has 0 aromatic carbocycles. The minimum Gasteiger partial charge on any atom is -0.353 e. The lowest BCUT2D eigenvalue weighted by Gasteiger charge is -2.17. The van der Waals surface area contributed by atoms with Crippen molar-refractivity contribution in [2.24, 2.45) is 4.40 Å². The number of fused-ring (bicyclic) bond motifs is 1. The standard InChI is InChI=1S/C8H10ClN3S2/c1-4(2)10-8-11-5-3-6(9)13-7(5)14-12-8/h3-4H,1-2H3,(H2,10,11,12). The minimum atomic E-state index is 0.373. The van der Waals surface area contributed by atoms with E-state index in [1.807, 2.05) is 6.07 Å². The molecule has 1 aliphatic rings. The number of halogens is 1. The molecule has 0 saturated heterocycles. The molecular formula is C8H10ClN3S2. The van der Waals surface area contributed by atoms with Crippen LogP contribution < -0.4 is 10.6 Å². The fourth-order valence-corrected chi connectivity index (χ4v) is 3.14. The molecule has 0 unspecified atom stereocenters. The Morgan fingerprint density at radius 1 is 1.57 bits per heavy atom. The van der Waals surface area contributed by atoms with Crippen molar-refractivity contribution < 1.29 is 0 Å². The molecule has 2 heterocycles. The second kappa shape index (κ2) is 4.00. The maximum absolute atomic E-state index is 5.90. The van der Waals surface area contributed by atoms with Crippen molar-refractivity contribution in [1.29, 1.82) is 0 Å². The molecule has 76 valence electrons. The number of guanidine groups is 1. The van der Waals surface area contributed by atoms with Gasteiger partial charge in [-0.1, -0.05) is 11.6 Å². The van der Waals surface area contributed by atoms with Crippen LogP contribution in [0.15, 0.2) is 14.7 Å². The summed E-state index contributed by atoms with van der Waals surface area (Å²) in [7, 11) is 0. The fraction of sp³-hybridized carbons (Fsp3) is 0.375. The van der Waals surface area contributed by atoms with Gasteiger partial charge in [0.1, 0.15) is 4.21 Å². The zero-order valence-electron chi connectivity index (χ0n) is 7.80. The molecule has 2 N–H and O–H groups in total. The topological polar surface area (TPSA) is 36.4 Å². The van der Waals surface area contributed by atoms with Gasteiger partial charge < -0.3 is 10.6 Å². The summed E-state index contributed by atoms with van der Waals surface area (Å²) in [6.07, 6.45) is 0. The predicted octanol–water partition coefficient (Wildman–Crippen LogP) is 3.19. The fourth-order valence-electron chi connectivity index (χ4n) is 1.07.